The summed E-state index contributed by atoms with van der Waals surface area (Å²) in [6, 6.07) is 0. The number of nitrogens with one attached hydrogen (secondary N) is 1. The lowest BCUT2D eigenvalue weighted by Crippen LogP contribution is -2.28. The first-order valence-corrected chi connectivity index (χ1v) is 3.04. The SMILES string of the molecule is Br.NCCCNCC(O)O. The second kappa shape index (κ2) is 9.32. The van der Waals surface area contributed by atoms with Crippen molar-refractivity contribution in [2.24, 2.45) is 5.73 Å². The molecule has 0 spiro atoms. The molecule has 5 heteroatoms. The van der Waals surface area contributed by atoms with Crippen molar-refractivity contribution in [3.63, 3.8) is 0 Å². The van der Waals surface area contributed by atoms with Crippen molar-refractivity contribution in [2.75, 3.05) is 19.6 Å². The van der Waals surface area contributed by atoms with E-state index in [4.69, 9.17) is 15.9 Å². The number of halogens is 1. The third kappa shape index (κ3) is 11.2. The minimum Gasteiger partial charge on any atom is -0.367 e. The van der Waals surface area contributed by atoms with Gasteiger partial charge in [-0.3, -0.25) is 0 Å². The standard InChI is InChI=1S/C5H14N2O2.BrH/c6-2-1-3-7-4-5(8)9;/h5,7-9H,1-4,6H2;1H. The molecular formula is C5H15BrN2O2. The highest BCUT2D eigenvalue weighted by Crippen LogP contribution is 1.72. The van der Waals surface area contributed by atoms with Crippen molar-refractivity contribution in [2.45, 2.75) is 12.7 Å². The smallest absolute Gasteiger partial charge is 0.164 e. The Morgan fingerprint density at radius 2 is 2.00 bits per heavy atom. The zero-order chi connectivity index (χ0) is 7.11. The number of aliphatic hydroxyl groups excluding tert-OH is 1. The third-order valence-corrected chi connectivity index (χ3v) is 0.885. The maximum Gasteiger partial charge on any atom is 0.164 e. The summed E-state index contributed by atoms with van der Waals surface area (Å²) in [5, 5.41) is 19.4. The molecule has 0 saturated heterocycles. The van der Waals surface area contributed by atoms with Crippen LogP contribution in [0.2, 0.25) is 0 Å². The van der Waals surface area contributed by atoms with E-state index in [-0.39, 0.29) is 23.5 Å². The van der Waals surface area contributed by atoms with Gasteiger partial charge >= 0.3 is 0 Å². The zero-order valence-corrected chi connectivity index (χ0v) is 7.50. The molecule has 0 saturated carbocycles. The highest BCUT2D eigenvalue weighted by atomic mass is 79.9. The van der Waals surface area contributed by atoms with Crippen molar-refractivity contribution >= 4 is 17.0 Å². The fourth-order valence-corrected chi connectivity index (χ4v) is 0.458. The van der Waals surface area contributed by atoms with Crippen LogP contribution < -0.4 is 11.1 Å². The molecule has 0 aliphatic rings. The van der Waals surface area contributed by atoms with Crippen LogP contribution in [-0.2, 0) is 0 Å². The molecule has 0 unspecified atom stereocenters. The molecule has 0 aromatic heterocycles. The molecule has 0 aliphatic carbocycles. The Morgan fingerprint density at radius 3 is 2.40 bits per heavy atom. The average Bonchev–Trinajstić information content (AvgIpc) is 1.80. The lowest BCUT2D eigenvalue weighted by Gasteiger charge is -2.03. The summed E-state index contributed by atoms with van der Waals surface area (Å²) in [5.74, 6) is 0. The highest BCUT2D eigenvalue weighted by molar-refractivity contribution is 8.93. The van der Waals surface area contributed by atoms with Gasteiger partial charge in [-0.15, -0.1) is 17.0 Å². The zero-order valence-electron chi connectivity index (χ0n) is 5.79. The fraction of sp³-hybridized carbons (Fsp3) is 1.00. The summed E-state index contributed by atoms with van der Waals surface area (Å²) in [6.45, 7) is 1.60. The second-order valence-corrected chi connectivity index (χ2v) is 1.83. The van der Waals surface area contributed by atoms with Gasteiger partial charge in [-0.1, -0.05) is 0 Å². The first-order valence-electron chi connectivity index (χ1n) is 3.04. The van der Waals surface area contributed by atoms with Crippen LogP contribution >= 0.6 is 17.0 Å². The number of nitrogens with two attached hydrogens (primary N) is 1. The topological polar surface area (TPSA) is 78.5 Å². The van der Waals surface area contributed by atoms with Gasteiger partial charge in [0.15, 0.2) is 6.29 Å². The lowest BCUT2D eigenvalue weighted by atomic mass is 10.4. The Labute approximate surface area is 71.2 Å². The maximum atomic E-state index is 8.31. The molecular weight excluding hydrogens is 200 g/mol. The summed E-state index contributed by atoms with van der Waals surface area (Å²) in [7, 11) is 0. The number of hydrogen-bond donors (Lipinski definition) is 4. The molecule has 64 valence electrons. The van der Waals surface area contributed by atoms with Crippen LogP contribution in [0.15, 0.2) is 0 Å². The number of aliphatic hydroxyl groups is 2. The van der Waals surface area contributed by atoms with E-state index in [1.54, 1.807) is 0 Å². The second-order valence-electron chi connectivity index (χ2n) is 1.83. The van der Waals surface area contributed by atoms with E-state index in [0.29, 0.717) is 6.54 Å². The van der Waals surface area contributed by atoms with Crippen molar-refractivity contribution in [3.05, 3.63) is 0 Å². The van der Waals surface area contributed by atoms with Crippen molar-refractivity contribution < 1.29 is 10.2 Å². The molecule has 0 aromatic rings. The molecule has 0 aliphatic heterocycles. The largest absolute Gasteiger partial charge is 0.367 e. The van der Waals surface area contributed by atoms with E-state index in [9.17, 15) is 0 Å². The molecule has 10 heavy (non-hydrogen) atoms. The first kappa shape index (κ1) is 12.9. The molecule has 0 rings (SSSR count). The van der Waals surface area contributed by atoms with Crippen molar-refractivity contribution in [3.8, 4) is 0 Å². The minimum atomic E-state index is -1.25. The molecule has 0 atom stereocenters. The third-order valence-electron chi connectivity index (χ3n) is 0.885. The molecule has 0 fully saturated rings. The Morgan fingerprint density at radius 1 is 1.40 bits per heavy atom. The molecule has 0 aromatic carbocycles. The van der Waals surface area contributed by atoms with Crippen LogP contribution in [0, 0.1) is 0 Å². The predicted molar refractivity (Wildman–Crippen MR) is 45.1 cm³/mol. The maximum absolute atomic E-state index is 8.31. The van der Waals surface area contributed by atoms with Crippen molar-refractivity contribution in [1.82, 2.24) is 5.32 Å². The van der Waals surface area contributed by atoms with Crippen LogP contribution in [0.5, 0.6) is 0 Å². The quantitative estimate of drug-likeness (QED) is 0.343. The normalized spacial score (nSPS) is 9.60. The number of rotatable bonds is 5. The fourth-order valence-electron chi connectivity index (χ4n) is 0.458. The predicted octanol–water partition coefficient (Wildman–Crippen LogP) is -1.19. The van der Waals surface area contributed by atoms with Gasteiger partial charge in [-0.25, -0.2) is 0 Å². The van der Waals surface area contributed by atoms with Gasteiger partial charge < -0.3 is 21.3 Å². The summed E-state index contributed by atoms with van der Waals surface area (Å²) in [6.07, 6.45) is -0.380. The molecule has 0 bridgehead atoms. The van der Waals surface area contributed by atoms with E-state index in [2.05, 4.69) is 5.32 Å². The monoisotopic (exact) mass is 214 g/mol. The summed E-state index contributed by atoms with van der Waals surface area (Å²) in [5.41, 5.74) is 5.18. The Hall–Kier alpha value is 0.320. The lowest BCUT2D eigenvalue weighted by molar-refractivity contribution is -0.0370. The summed E-state index contributed by atoms with van der Waals surface area (Å²) in [4.78, 5) is 0. The van der Waals surface area contributed by atoms with Gasteiger partial charge in [0.05, 0.1) is 0 Å². The minimum absolute atomic E-state index is 0. The van der Waals surface area contributed by atoms with Crippen LogP contribution in [0.3, 0.4) is 0 Å². The van der Waals surface area contributed by atoms with Gasteiger partial charge in [-0.2, -0.15) is 0 Å². The van der Waals surface area contributed by atoms with Crippen LogP contribution in [-0.4, -0.2) is 36.1 Å². The average molecular weight is 215 g/mol. The molecule has 4 nitrogen and oxygen atoms in total. The van der Waals surface area contributed by atoms with Gasteiger partial charge in [0, 0.05) is 6.54 Å². The van der Waals surface area contributed by atoms with E-state index in [1.165, 1.54) is 0 Å². The van der Waals surface area contributed by atoms with Gasteiger partial charge in [0.2, 0.25) is 0 Å². The molecule has 0 heterocycles. The van der Waals surface area contributed by atoms with Gasteiger partial charge in [0.1, 0.15) is 0 Å². The van der Waals surface area contributed by atoms with E-state index < -0.39 is 6.29 Å². The van der Waals surface area contributed by atoms with E-state index >= 15 is 0 Å². The summed E-state index contributed by atoms with van der Waals surface area (Å²) >= 11 is 0. The first-order chi connectivity index (χ1) is 4.27. The number of hydrogen-bond acceptors (Lipinski definition) is 4. The summed E-state index contributed by atoms with van der Waals surface area (Å²) < 4.78 is 0. The molecule has 5 N–H and O–H groups in total. The Bertz CT molecular complexity index is 63.6. The Balaban J connectivity index is 0. The molecule has 0 amide bonds. The molecule has 0 radical (unpaired) electrons. The van der Waals surface area contributed by atoms with E-state index in [0.717, 1.165) is 13.0 Å². The van der Waals surface area contributed by atoms with Gasteiger partial charge in [0.25, 0.3) is 0 Å². The highest BCUT2D eigenvalue weighted by Gasteiger charge is 1.92. The van der Waals surface area contributed by atoms with E-state index in [1.807, 2.05) is 0 Å². The van der Waals surface area contributed by atoms with Gasteiger partial charge in [-0.05, 0) is 19.5 Å². The van der Waals surface area contributed by atoms with Crippen LogP contribution in [0.25, 0.3) is 0 Å². The van der Waals surface area contributed by atoms with Crippen LogP contribution in [0.1, 0.15) is 6.42 Å². The van der Waals surface area contributed by atoms with Crippen molar-refractivity contribution in [1.29, 1.82) is 0 Å². The Kier molecular flexibility index (Phi) is 12.1. The van der Waals surface area contributed by atoms with Crippen LogP contribution in [0.4, 0.5) is 0 Å².